The molecule has 8 heteroatoms. The fraction of sp³-hybridized carbons (Fsp3) is 0.308. The van der Waals surface area contributed by atoms with Gasteiger partial charge in [-0.15, -0.1) is 12.4 Å². The highest BCUT2D eigenvalue weighted by atomic mass is 35.5. The first-order valence-electron chi connectivity index (χ1n) is 6.33. The van der Waals surface area contributed by atoms with Gasteiger partial charge in [0.25, 0.3) is 0 Å². The second kappa shape index (κ2) is 5.57. The van der Waals surface area contributed by atoms with Gasteiger partial charge in [0.15, 0.2) is 5.96 Å². The molecule has 2 aromatic rings. The largest absolute Gasteiger partial charge is 0.354 e. The van der Waals surface area contributed by atoms with Gasteiger partial charge in [0, 0.05) is 23.8 Å². The third-order valence-electron chi connectivity index (χ3n) is 3.27. The maximum absolute atomic E-state index is 11.8. The van der Waals surface area contributed by atoms with Crippen molar-refractivity contribution in [2.75, 3.05) is 24.7 Å². The number of rotatable bonds is 2. The Labute approximate surface area is 129 Å². The maximum atomic E-state index is 11.8. The van der Waals surface area contributed by atoms with Gasteiger partial charge < -0.3 is 10.6 Å². The minimum absolute atomic E-state index is 0. The van der Waals surface area contributed by atoms with Crippen LogP contribution in [-0.4, -0.2) is 37.7 Å². The van der Waals surface area contributed by atoms with E-state index < -0.39 is 10.0 Å². The van der Waals surface area contributed by atoms with Crippen molar-refractivity contribution in [2.24, 2.45) is 4.99 Å². The number of benzene rings is 1. The van der Waals surface area contributed by atoms with Crippen molar-refractivity contribution < 1.29 is 8.42 Å². The topological polar surface area (TPSA) is 75.5 Å². The fourth-order valence-electron chi connectivity index (χ4n) is 2.33. The highest BCUT2D eigenvalue weighted by Gasteiger charge is 2.14. The number of aryl methyl sites for hydroxylation is 1. The summed E-state index contributed by atoms with van der Waals surface area (Å²) in [6, 6.07) is 5.67. The molecule has 0 saturated carbocycles. The molecule has 3 rings (SSSR count). The van der Waals surface area contributed by atoms with Crippen LogP contribution >= 0.6 is 12.4 Å². The van der Waals surface area contributed by atoms with E-state index in [0.29, 0.717) is 5.52 Å². The first-order chi connectivity index (χ1) is 9.45. The Morgan fingerprint density at radius 2 is 2.14 bits per heavy atom. The number of hydrogen-bond acceptors (Lipinski definition) is 5. The van der Waals surface area contributed by atoms with Gasteiger partial charge in [-0.3, -0.25) is 4.99 Å². The highest BCUT2D eigenvalue weighted by molar-refractivity contribution is 7.89. The average molecular weight is 329 g/mol. The summed E-state index contributed by atoms with van der Waals surface area (Å²) in [7, 11) is -3.31. The summed E-state index contributed by atoms with van der Waals surface area (Å²) < 4.78 is 25.0. The minimum Gasteiger partial charge on any atom is -0.354 e. The van der Waals surface area contributed by atoms with E-state index in [2.05, 4.69) is 15.6 Å². The van der Waals surface area contributed by atoms with Crippen molar-refractivity contribution in [3.63, 3.8) is 0 Å². The maximum Gasteiger partial charge on any atom is 0.236 e. The monoisotopic (exact) mass is 328 g/mol. The van der Waals surface area contributed by atoms with Gasteiger partial charge in [0.1, 0.15) is 0 Å². The number of nitrogens with one attached hydrogen (secondary N) is 2. The number of guanidine groups is 1. The van der Waals surface area contributed by atoms with Crippen LogP contribution < -0.4 is 10.6 Å². The number of anilines is 1. The Hall–Kier alpha value is -1.73. The zero-order chi connectivity index (χ0) is 14.3. The molecule has 1 aromatic carbocycles. The third kappa shape index (κ3) is 2.98. The molecule has 0 atom stereocenters. The van der Waals surface area contributed by atoms with Crippen LogP contribution in [0.2, 0.25) is 0 Å². The second-order valence-electron chi connectivity index (χ2n) is 4.88. The van der Waals surface area contributed by atoms with E-state index >= 15 is 0 Å². The Balaban J connectivity index is 0.00000161. The van der Waals surface area contributed by atoms with E-state index in [1.165, 1.54) is 10.2 Å². The smallest absolute Gasteiger partial charge is 0.236 e. The van der Waals surface area contributed by atoms with Gasteiger partial charge in [-0.1, -0.05) is 6.07 Å². The molecule has 1 aromatic heterocycles. The van der Waals surface area contributed by atoms with E-state index in [1.807, 2.05) is 25.1 Å². The van der Waals surface area contributed by atoms with Crippen molar-refractivity contribution >= 4 is 45.0 Å². The Morgan fingerprint density at radius 1 is 1.38 bits per heavy atom. The summed E-state index contributed by atoms with van der Waals surface area (Å²) in [5, 5.41) is 7.20. The van der Waals surface area contributed by atoms with Gasteiger partial charge in [-0.05, 0) is 24.6 Å². The quantitative estimate of drug-likeness (QED) is 0.877. The highest BCUT2D eigenvalue weighted by Crippen LogP contribution is 2.25. The van der Waals surface area contributed by atoms with Crippen molar-refractivity contribution in [3.8, 4) is 0 Å². The van der Waals surface area contributed by atoms with E-state index in [4.69, 9.17) is 0 Å². The number of fused-ring (bicyclic) bond motifs is 1. The van der Waals surface area contributed by atoms with Crippen molar-refractivity contribution in [2.45, 2.75) is 6.92 Å². The van der Waals surface area contributed by atoms with Crippen molar-refractivity contribution in [1.82, 2.24) is 9.29 Å². The average Bonchev–Trinajstić information content (AvgIpc) is 2.97. The van der Waals surface area contributed by atoms with Gasteiger partial charge in [0.05, 0.1) is 18.3 Å². The Bertz CT molecular complexity index is 811. The lowest BCUT2D eigenvalue weighted by Gasteiger charge is -2.08. The summed E-state index contributed by atoms with van der Waals surface area (Å²) in [5.41, 5.74) is 2.43. The van der Waals surface area contributed by atoms with Gasteiger partial charge in [-0.25, -0.2) is 12.4 Å². The Morgan fingerprint density at radius 3 is 2.76 bits per heavy atom. The normalized spacial score (nSPS) is 14.5. The zero-order valence-corrected chi connectivity index (χ0v) is 13.4. The number of halogens is 1. The first-order valence-corrected chi connectivity index (χ1v) is 8.17. The molecule has 0 aliphatic carbocycles. The summed E-state index contributed by atoms with van der Waals surface area (Å²) in [6.45, 7) is 3.48. The molecule has 0 unspecified atom stereocenters. The summed E-state index contributed by atoms with van der Waals surface area (Å²) in [6.07, 6.45) is 2.85. The van der Waals surface area contributed by atoms with Crippen LogP contribution in [-0.2, 0) is 10.0 Å². The molecule has 114 valence electrons. The molecular formula is C13H17ClN4O2S. The standard InChI is InChI=1S/C13H16N4O2S.ClH/c1-9-8-17(20(2,18)19)12-7-10(3-4-11(9)12)16-13-14-5-6-15-13;/h3-4,7-8H,5-6H2,1-2H3,(H2,14,15,16);1H. The van der Waals surface area contributed by atoms with Crippen LogP contribution in [0.4, 0.5) is 5.69 Å². The first kappa shape index (κ1) is 15.7. The lowest BCUT2D eigenvalue weighted by Crippen LogP contribution is -2.26. The molecule has 2 heterocycles. The molecular weight excluding hydrogens is 312 g/mol. The molecule has 0 bridgehead atoms. The van der Waals surface area contributed by atoms with E-state index in [0.717, 1.165) is 35.7 Å². The zero-order valence-electron chi connectivity index (χ0n) is 11.8. The van der Waals surface area contributed by atoms with Crippen molar-refractivity contribution in [1.29, 1.82) is 0 Å². The predicted octanol–water partition coefficient (Wildman–Crippen LogP) is 1.55. The Kier molecular flexibility index (Phi) is 4.15. The predicted molar refractivity (Wildman–Crippen MR) is 88.1 cm³/mol. The third-order valence-corrected chi connectivity index (χ3v) is 4.28. The van der Waals surface area contributed by atoms with Gasteiger partial charge >= 0.3 is 0 Å². The summed E-state index contributed by atoms with van der Waals surface area (Å²) >= 11 is 0. The van der Waals surface area contributed by atoms with Crippen LogP contribution in [0.15, 0.2) is 29.4 Å². The van der Waals surface area contributed by atoms with Crippen LogP contribution in [0, 0.1) is 6.92 Å². The molecule has 0 fully saturated rings. The van der Waals surface area contributed by atoms with E-state index in [9.17, 15) is 8.42 Å². The number of nitrogens with zero attached hydrogens (tertiary/aromatic N) is 2. The van der Waals surface area contributed by atoms with Gasteiger partial charge in [-0.2, -0.15) is 0 Å². The van der Waals surface area contributed by atoms with Gasteiger partial charge in [0.2, 0.25) is 10.0 Å². The molecule has 0 amide bonds. The minimum atomic E-state index is -3.31. The van der Waals surface area contributed by atoms with Crippen molar-refractivity contribution in [3.05, 3.63) is 30.0 Å². The van der Waals surface area contributed by atoms with Crippen LogP contribution in [0.3, 0.4) is 0 Å². The summed E-state index contributed by atoms with van der Waals surface area (Å²) in [5.74, 6) is 0.721. The van der Waals surface area contributed by atoms with Crippen LogP contribution in [0.1, 0.15) is 5.56 Å². The van der Waals surface area contributed by atoms with Crippen LogP contribution in [0.25, 0.3) is 10.9 Å². The number of hydrogen-bond donors (Lipinski definition) is 2. The van der Waals surface area contributed by atoms with E-state index in [1.54, 1.807) is 6.20 Å². The summed E-state index contributed by atoms with van der Waals surface area (Å²) in [4.78, 5) is 4.26. The number of aromatic nitrogens is 1. The molecule has 2 N–H and O–H groups in total. The fourth-order valence-corrected chi connectivity index (χ4v) is 3.19. The van der Waals surface area contributed by atoms with E-state index in [-0.39, 0.29) is 12.4 Å². The molecule has 0 spiro atoms. The molecule has 0 radical (unpaired) electrons. The molecule has 1 aliphatic rings. The SMILES string of the molecule is Cc1cn(S(C)(=O)=O)c2cc(NC3=NCCN3)ccc12.Cl. The lowest BCUT2D eigenvalue weighted by atomic mass is 10.2. The molecule has 6 nitrogen and oxygen atoms in total. The second-order valence-corrected chi connectivity index (χ2v) is 6.74. The molecule has 1 aliphatic heterocycles. The lowest BCUT2D eigenvalue weighted by molar-refractivity contribution is 0.595. The molecule has 21 heavy (non-hydrogen) atoms. The van der Waals surface area contributed by atoms with Crippen LogP contribution in [0.5, 0.6) is 0 Å². The number of aliphatic imine (C=N–C) groups is 1. The molecule has 0 saturated heterocycles.